The van der Waals surface area contributed by atoms with Crippen LogP contribution >= 0.6 is 15.9 Å². The second-order valence-electron chi connectivity index (χ2n) is 3.99. The van der Waals surface area contributed by atoms with Gasteiger partial charge in [-0.05, 0) is 25.2 Å². The zero-order valence-electron chi connectivity index (χ0n) is 10.7. The first kappa shape index (κ1) is 13.1. The van der Waals surface area contributed by atoms with Crippen molar-refractivity contribution in [1.82, 2.24) is 14.9 Å². The zero-order valence-corrected chi connectivity index (χ0v) is 12.3. The molecule has 0 atom stereocenters. The van der Waals surface area contributed by atoms with Gasteiger partial charge < -0.3 is 14.6 Å². The quantitative estimate of drug-likeness (QED) is 0.943. The van der Waals surface area contributed by atoms with Gasteiger partial charge >= 0.3 is 0 Å². The van der Waals surface area contributed by atoms with Crippen LogP contribution in [0.25, 0.3) is 11.3 Å². The number of hydrogen-bond donors (Lipinski definition) is 1. The molecule has 0 radical (unpaired) electrons. The van der Waals surface area contributed by atoms with Crippen LogP contribution in [0.1, 0.15) is 5.82 Å². The van der Waals surface area contributed by atoms with E-state index in [1.165, 1.54) is 0 Å². The van der Waals surface area contributed by atoms with Crippen LogP contribution in [0.15, 0.2) is 28.9 Å². The molecule has 1 aromatic carbocycles. The van der Waals surface area contributed by atoms with Crippen molar-refractivity contribution in [3.05, 3.63) is 34.7 Å². The molecule has 1 heterocycles. The molecule has 0 bridgehead atoms. The van der Waals surface area contributed by atoms with E-state index >= 15 is 0 Å². The molecule has 0 amide bonds. The van der Waals surface area contributed by atoms with Crippen LogP contribution in [-0.4, -0.2) is 23.7 Å². The Balaban J connectivity index is 2.51. The van der Waals surface area contributed by atoms with Crippen LogP contribution in [0.5, 0.6) is 5.75 Å². The Morgan fingerprint density at radius 3 is 2.89 bits per heavy atom. The molecule has 96 valence electrons. The van der Waals surface area contributed by atoms with Crippen LogP contribution in [0, 0.1) is 0 Å². The van der Waals surface area contributed by atoms with E-state index in [9.17, 15) is 0 Å². The lowest BCUT2D eigenvalue weighted by Crippen LogP contribution is -2.10. The normalized spacial score (nSPS) is 10.7. The number of imidazole rings is 1. The molecular weight excluding hydrogens is 294 g/mol. The van der Waals surface area contributed by atoms with Gasteiger partial charge in [0.1, 0.15) is 11.6 Å². The van der Waals surface area contributed by atoms with Crippen molar-refractivity contribution in [2.45, 2.75) is 6.54 Å². The monoisotopic (exact) mass is 309 g/mol. The molecule has 0 fully saturated rings. The van der Waals surface area contributed by atoms with Crippen LogP contribution in [0.2, 0.25) is 0 Å². The molecule has 0 unspecified atom stereocenters. The minimum Gasteiger partial charge on any atom is -0.496 e. The van der Waals surface area contributed by atoms with E-state index in [2.05, 4.69) is 30.8 Å². The fourth-order valence-corrected chi connectivity index (χ4v) is 2.26. The molecule has 18 heavy (non-hydrogen) atoms. The third kappa shape index (κ3) is 2.42. The molecule has 1 N–H and O–H groups in total. The molecule has 0 aliphatic rings. The number of benzene rings is 1. The summed E-state index contributed by atoms with van der Waals surface area (Å²) < 4.78 is 8.49. The van der Waals surface area contributed by atoms with Crippen molar-refractivity contribution in [3.8, 4) is 17.0 Å². The van der Waals surface area contributed by atoms with Crippen molar-refractivity contribution in [1.29, 1.82) is 0 Å². The molecule has 0 aliphatic carbocycles. The summed E-state index contributed by atoms with van der Waals surface area (Å²) in [4.78, 5) is 4.42. The number of aromatic nitrogens is 2. The van der Waals surface area contributed by atoms with Gasteiger partial charge in [-0.15, -0.1) is 0 Å². The summed E-state index contributed by atoms with van der Waals surface area (Å²) in [6.07, 6.45) is 1.87. The Kier molecular flexibility index (Phi) is 4.04. The van der Waals surface area contributed by atoms with Crippen molar-refractivity contribution >= 4 is 15.9 Å². The molecule has 2 aromatic rings. The van der Waals surface area contributed by atoms with Gasteiger partial charge in [0, 0.05) is 17.1 Å². The molecule has 0 saturated heterocycles. The van der Waals surface area contributed by atoms with E-state index in [4.69, 9.17) is 4.74 Å². The highest BCUT2D eigenvalue weighted by Crippen LogP contribution is 2.32. The lowest BCUT2D eigenvalue weighted by Gasteiger charge is -2.10. The summed E-state index contributed by atoms with van der Waals surface area (Å²) in [5.41, 5.74) is 2.07. The average molecular weight is 310 g/mol. The SMILES string of the molecule is CNCc1ncc(-c2cc(Br)ccc2OC)n1C. The molecule has 2 rings (SSSR count). The van der Waals surface area contributed by atoms with Crippen molar-refractivity contribution in [3.63, 3.8) is 0 Å². The van der Waals surface area contributed by atoms with E-state index < -0.39 is 0 Å². The van der Waals surface area contributed by atoms with E-state index in [-0.39, 0.29) is 0 Å². The fraction of sp³-hybridized carbons (Fsp3) is 0.308. The maximum atomic E-state index is 5.40. The van der Waals surface area contributed by atoms with E-state index in [1.807, 2.05) is 38.5 Å². The summed E-state index contributed by atoms with van der Waals surface area (Å²) in [5.74, 6) is 1.84. The van der Waals surface area contributed by atoms with Gasteiger partial charge in [0.05, 0.1) is 25.5 Å². The smallest absolute Gasteiger partial charge is 0.128 e. The molecule has 4 nitrogen and oxygen atoms in total. The Bertz CT molecular complexity index is 551. The third-order valence-electron chi connectivity index (χ3n) is 2.86. The minimum absolute atomic E-state index is 0.743. The highest BCUT2D eigenvalue weighted by atomic mass is 79.9. The second-order valence-corrected chi connectivity index (χ2v) is 4.91. The highest BCUT2D eigenvalue weighted by Gasteiger charge is 2.12. The van der Waals surface area contributed by atoms with Gasteiger partial charge in [0.15, 0.2) is 0 Å². The van der Waals surface area contributed by atoms with E-state index in [0.717, 1.165) is 33.8 Å². The lowest BCUT2D eigenvalue weighted by atomic mass is 10.1. The average Bonchev–Trinajstić information content (AvgIpc) is 2.72. The Hall–Kier alpha value is -1.33. The van der Waals surface area contributed by atoms with Crippen molar-refractivity contribution in [2.75, 3.05) is 14.2 Å². The van der Waals surface area contributed by atoms with Gasteiger partial charge in [-0.2, -0.15) is 0 Å². The van der Waals surface area contributed by atoms with Crippen molar-refractivity contribution < 1.29 is 4.74 Å². The Labute approximate surface area is 115 Å². The fourth-order valence-electron chi connectivity index (χ4n) is 1.90. The van der Waals surface area contributed by atoms with Gasteiger partial charge in [-0.1, -0.05) is 15.9 Å². The number of nitrogens with one attached hydrogen (secondary N) is 1. The van der Waals surface area contributed by atoms with Gasteiger partial charge in [-0.3, -0.25) is 0 Å². The first-order chi connectivity index (χ1) is 8.67. The largest absolute Gasteiger partial charge is 0.496 e. The van der Waals surface area contributed by atoms with Gasteiger partial charge in [0.2, 0.25) is 0 Å². The molecule has 0 spiro atoms. The van der Waals surface area contributed by atoms with Crippen LogP contribution in [-0.2, 0) is 13.6 Å². The molecule has 0 saturated carbocycles. The number of rotatable bonds is 4. The molecule has 0 aliphatic heterocycles. The highest BCUT2D eigenvalue weighted by molar-refractivity contribution is 9.10. The summed E-state index contributed by atoms with van der Waals surface area (Å²) in [6, 6.07) is 5.95. The zero-order chi connectivity index (χ0) is 13.1. The molecular formula is C13H16BrN3O. The predicted octanol–water partition coefficient (Wildman–Crippen LogP) is 2.58. The topological polar surface area (TPSA) is 39.1 Å². The number of halogens is 1. The number of ether oxygens (including phenoxy) is 1. The second kappa shape index (κ2) is 5.54. The maximum Gasteiger partial charge on any atom is 0.128 e. The van der Waals surface area contributed by atoms with E-state index in [0.29, 0.717) is 0 Å². The van der Waals surface area contributed by atoms with Gasteiger partial charge in [0.25, 0.3) is 0 Å². The predicted molar refractivity (Wildman–Crippen MR) is 75.7 cm³/mol. The standard InChI is InChI=1S/C13H16BrN3O/c1-15-8-13-16-7-11(17(13)2)10-6-9(14)4-5-12(10)18-3/h4-7,15H,8H2,1-3H3. The number of nitrogens with zero attached hydrogens (tertiary/aromatic N) is 2. The van der Waals surface area contributed by atoms with Crippen LogP contribution in [0.4, 0.5) is 0 Å². The van der Waals surface area contributed by atoms with Gasteiger partial charge in [-0.25, -0.2) is 4.98 Å². The summed E-state index contributed by atoms with van der Waals surface area (Å²) in [6.45, 7) is 0.743. The third-order valence-corrected chi connectivity index (χ3v) is 3.35. The molecule has 1 aromatic heterocycles. The first-order valence-corrected chi connectivity index (χ1v) is 6.45. The van der Waals surface area contributed by atoms with Crippen LogP contribution in [0.3, 0.4) is 0 Å². The lowest BCUT2D eigenvalue weighted by molar-refractivity contribution is 0.416. The minimum atomic E-state index is 0.743. The Morgan fingerprint density at radius 1 is 1.44 bits per heavy atom. The molecule has 5 heteroatoms. The number of methoxy groups -OCH3 is 1. The number of hydrogen-bond acceptors (Lipinski definition) is 3. The summed E-state index contributed by atoms with van der Waals surface area (Å²) in [5, 5.41) is 3.11. The van der Waals surface area contributed by atoms with E-state index in [1.54, 1.807) is 7.11 Å². The summed E-state index contributed by atoms with van der Waals surface area (Å²) in [7, 11) is 5.60. The van der Waals surface area contributed by atoms with Crippen molar-refractivity contribution in [2.24, 2.45) is 7.05 Å². The van der Waals surface area contributed by atoms with Crippen LogP contribution < -0.4 is 10.1 Å². The first-order valence-electron chi connectivity index (χ1n) is 5.66. The summed E-state index contributed by atoms with van der Waals surface area (Å²) >= 11 is 3.49. The maximum absolute atomic E-state index is 5.40. The Morgan fingerprint density at radius 2 is 2.22 bits per heavy atom.